The van der Waals surface area contributed by atoms with Crippen LogP contribution in [0.4, 0.5) is 4.79 Å². The van der Waals surface area contributed by atoms with Gasteiger partial charge in [0.2, 0.25) is 5.91 Å². The number of amides is 2. The highest BCUT2D eigenvalue weighted by atomic mass is 32.2. The van der Waals surface area contributed by atoms with Crippen molar-refractivity contribution in [1.82, 2.24) is 10.2 Å². The van der Waals surface area contributed by atoms with Crippen LogP contribution in [0.3, 0.4) is 0 Å². The fourth-order valence-electron chi connectivity index (χ4n) is 2.35. The predicted molar refractivity (Wildman–Crippen MR) is 78.3 cm³/mol. The number of nitrogens with one attached hydrogen (secondary N) is 1. The number of aliphatic hydroxyl groups is 1. The number of thioether (sulfide) groups is 1. The molecule has 2 heterocycles. The second-order valence-electron chi connectivity index (χ2n) is 6.54. The van der Waals surface area contributed by atoms with Crippen molar-refractivity contribution in [2.24, 2.45) is 5.41 Å². The van der Waals surface area contributed by atoms with Crippen LogP contribution in [0.5, 0.6) is 0 Å². The van der Waals surface area contributed by atoms with E-state index in [1.165, 1.54) is 16.7 Å². The highest BCUT2D eigenvalue weighted by Gasteiger charge is 2.57. The molecule has 2 aliphatic rings. The Morgan fingerprint density at radius 2 is 2.14 bits per heavy atom. The molecule has 0 aliphatic carbocycles. The Kier molecular flexibility index (Phi) is 4.31. The van der Waals surface area contributed by atoms with E-state index in [-0.39, 0.29) is 23.6 Å². The summed E-state index contributed by atoms with van der Waals surface area (Å²) in [5.41, 5.74) is -2.00. The van der Waals surface area contributed by atoms with E-state index in [4.69, 9.17) is 4.74 Å². The molecule has 3 atom stereocenters. The lowest BCUT2D eigenvalue weighted by molar-refractivity contribution is -0.159. The van der Waals surface area contributed by atoms with Gasteiger partial charge in [0.05, 0.1) is 6.61 Å². The number of hydrogen-bond acceptors (Lipinski definition) is 6. The molecular formula is C13H20N2O6S. The van der Waals surface area contributed by atoms with Crippen LogP contribution in [0.25, 0.3) is 0 Å². The van der Waals surface area contributed by atoms with Crippen molar-refractivity contribution in [2.75, 3.05) is 18.9 Å². The lowest BCUT2D eigenvalue weighted by Crippen LogP contribution is -2.74. The number of fused-ring (bicyclic) bond motifs is 1. The number of aliphatic carboxylic acids is 1. The van der Waals surface area contributed by atoms with Gasteiger partial charge < -0.3 is 25.2 Å². The summed E-state index contributed by atoms with van der Waals surface area (Å²) in [6, 6.07) is -0.717. The number of ether oxygens (including phenoxy) is 1. The van der Waals surface area contributed by atoms with Crippen molar-refractivity contribution >= 4 is 29.7 Å². The molecule has 0 aromatic rings. The van der Waals surface area contributed by atoms with Crippen LogP contribution >= 0.6 is 11.8 Å². The molecule has 2 amide bonds. The zero-order valence-corrected chi connectivity index (χ0v) is 13.5. The van der Waals surface area contributed by atoms with E-state index >= 15 is 0 Å². The van der Waals surface area contributed by atoms with E-state index in [1.54, 1.807) is 20.8 Å². The summed E-state index contributed by atoms with van der Waals surface area (Å²) in [5, 5.41) is 20.8. The summed E-state index contributed by atoms with van der Waals surface area (Å²) in [7, 11) is 0. The summed E-state index contributed by atoms with van der Waals surface area (Å²) in [6.07, 6.45) is -0.677. The van der Waals surface area contributed by atoms with Crippen LogP contribution in [0, 0.1) is 5.41 Å². The maximum Gasteiger partial charge on any atom is 0.408 e. The minimum absolute atomic E-state index is 0.0537. The van der Waals surface area contributed by atoms with Gasteiger partial charge in [-0.25, -0.2) is 4.79 Å². The van der Waals surface area contributed by atoms with Crippen molar-refractivity contribution < 1.29 is 29.3 Å². The lowest BCUT2D eigenvalue weighted by atomic mass is 9.88. The molecule has 9 heteroatoms. The number of rotatable bonds is 3. The Labute approximate surface area is 132 Å². The zero-order valence-electron chi connectivity index (χ0n) is 12.7. The number of aliphatic hydroxyl groups excluding tert-OH is 1. The number of carbonyl (C=O) groups is 3. The third-order valence-electron chi connectivity index (χ3n) is 3.57. The lowest BCUT2D eigenvalue weighted by Gasteiger charge is -2.53. The topological polar surface area (TPSA) is 116 Å². The first-order valence-corrected chi connectivity index (χ1v) is 7.90. The van der Waals surface area contributed by atoms with Gasteiger partial charge in [0, 0.05) is 12.3 Å². The standard InChI is InChI=1S/C13H20N2O6S/c1-12(2,3)21-11(20)14-7-8(17)15-4-13(5-16,10(18)19)6-22-9(7)15/h7,9,16H,4-6H2,1-3H3,(H,14,20)(H,18,19)/t7?,9-,13?/m1/s1. The fraction of sp³-hybridized carbons (Fsp3) is 0.769. The molecule has 0 aromatic carbocycles. The number of alkyl carbamates (subject to hydrolysis) is 1. The van der Waals surface area contributed by atoms with Crippen molar-refractivity contribution in [3.63, 3.8) is 0 Å². The molecule has 2 aliphatic heterocycles. The van der Waals surface area contributed by atoms with Gasteiger partial charge in [-0.3, -0.25) is 9.59 Å². The largest absolute Gasteiger partial charge is 0.481 e. The predicted octanol–water partition coefficient (Wildman–Crippen LogP) is -0.142. The van der Waals surface area contributed by atoms with Gasteiger partial charge in [-0.2, -0.15) is 0 Å². The first-order valence-electron chi connectivity index (χ1n) is 6.85. The third-order valence-corrected chi connectivity index (χ3v) is 5.16. The average Bonchev–Trinajstić information content (AvgIpc) is 2.41. The van der Waals surface area contributed by atoms with Crippen molar-refractivity contribution in [3.05, 3.63) is 0 Å². The van der Waals surface area contributed by atoms with Crippen LogP contribution in [-0.2, 0) is 14.3 Å². The zero-order chi connectivity index (χ0) is 16.7. The first-order chi connectivity index (χ1) is 10.1. The van der Waals surface area contributed by atoms with E-state index in [0.29, 0.717) is 0 Å². The Balaban J connectivity index is 1.98. The normalized spacial score (nSPS) is 31.1. The molecule has 124 valence electrons. The minimum atomic E-state index is -1.34. The number of β-lactam (4-membered cyclic amide) rings is 1. The van der Waals surface area contributed by atoms with E-state index in [2.05, 4.69) is 5.32 Å². The van der Waals surface area contributed by atoms with Crippen LogP contribution in [0.1, 0.15) is 20.8 Å². The summed E-state index contributed by atoms with van der Waals surface area (Å²) in [6.45, 7) is 4.58. The van der Waals surface area contributed by atoms with Crippen molar-refractivity contribution in [2.45, 2.75) is 37.8 Å². The van der Waals surface area contributed by atoms with Gasteiger partial charge in [0.15, 0.2) is 0 Å². The third kappa shape index (κ3) is 3.00. The number of nitrogens with zero attached hydrogens (tertiary/aromatic N) is 1. The molecule has 3 N–H and O–H groups in total. The quantitative estimate of drug-likeness (QED) is 0.616. The SMILES string of the molecule is CC(C)(C)OC(=O)NC1C(=O)N2CC(CO)(C(=O)O)CS[C@H]12. The van der Waals surface area contributed by atoms with Crippen molar-refractivity contribution in [1.29, 1.82) is 0 Å². The molecule has 0 aromatic heterocycles. The average molecular weight is 332 g/mol. The van der Waals surface area contributed by atoms with E-state index in [9.17, 15) is 24.6 Å². The van der Waals surface area contributed by atoms with Crippen LogP contribution in [0.15, 0.2) is 0 Å². The number of carboxylic acid groups (broad SMARTS) is 1. The maximum atomic E-state index is 12.1. The Hall–Kier alpha value is -1.48. The molecule has 0 bridgehead atoms. The number of carbonyl (C=O) groups excluding carboxylic acids is 2. The van der Waals surface area contributed by atoms with Crippen LogP contribution in [-0.4, -0.2) is 69.0 Å². The molecule has 2 rings (SSSR count). The second kappa shape index (κ2) is 5.62. The number of carboxylic acids is 1. The van der Waals surface area contributed by atoms with Gasteiger partial charge in [0.25, 0.3) is 0 Å². The summed E-state index contributed by atoms with van der Waals surface area (Å²) in [5.74, 6) is -1.31. The van der Waals surface area contributed by atoms with Crippen molar-refractivity contribution in [3.8, 4) is 0 Å². The molecular weight excluding hydrogens is 312 g/mol. The van der Waals surface area contributed by atoms with Gasteiger partial charge >= 0.3 is 12.1 Å². The van der Waals surface area contributed by atoms with Gasteiger partial charge in [-0.05, 0) is 20.8 Å². The van der Waals surface area contributed by atoms with E-state index in [0.717, 1.165) is 0 Å². The highest BCUT2D eigenvalue weighted by molar-refractivity contribution is 8.00. The van der Waals surface area contributed by atoms with Gasteiger partial charge in [-0.15, -0.1) is 11.8 Å². The molecule has 2 fully saturated rings. The molecule has 0 saturated carbocycles. The molecule has 8 nitrogen and oxygen atoms in total. The van der Waals surface area contributed by atoms with E-state index < -0.39 is 35.7 Å². The van der Waals surface area contributed by atoms with Crippen LogP contribution < -0.4 is 5.32 Å². The van der Waals surface area contributed by atoms with Gasteiger partial charge in [-0.1, -0.05) is 0 Å². The molecule has 0 radical (unpaired) electrons. The fourth-order valence-corrected chi connectivity index (χ4v) is 3.89. The first kappa shape index (κ1) is 16.9. The van der Waals surface area contributed by atoms with E-state index in [1.807, 2.05) is 0 Å². The van der Waals surface area contributed by atoms with Crippen LogP contribution in [0.2, 0.25) is 0 Å². The number of hydrogen-bond donors (Lipinski definition) is 3. The Bertz CT molecular complexity index is 505. The summed E-state index contributed by atoms with van der Waals surface area (Å²) >= 11 is 1.24. The molecule has 22 heavy (non-hydrogen) atoms. The Morgan fingerprint density at radius 1 is 1.50 bits per heavy atom. The van der Waals surface area contributed by atoms with Gasteiger partial charge in [0.1, 0.15) is 22.4 Å². The monoisotopic (exact) mass is 332 g/mol. The minimum Gasteiger partial charge on any atom is -0.481 e. The summed E-state index contributed by atoms with van der Waals surface area (Å²) in [4.78, 5) is 36.5. The highest BCUT2D eigenvalue weighted by Crippen LogP contribution is 2.42. The molecule has 0 spiro atoms. The smallest absolute Gasteiger partial charge is 0.408 e. The summed E-state index contributed by atoms with van der Waals surface area (Å²) < 4.78 is 5.11. The molecule has 2 saturated heterocycles. The maximum absolute atomic E-state index is 12.1. The Morgan fingerprint density at radius 3 is 2.64 bits per heavy atom. The molecule has 2 unspecified atom stereocenters. The second-order valence-corrected chi connectivity index (χ2v) is 7.64.